The van der Waals surface area contributed by atoms with Gasteiger partial charge in [0.1, 0.15) is 0 Å². The maximum absolute atomic E-state index is 12.8. The summed E-state index contributed by atoms with van der Waals surface area (Å²) in [5, 5.41) is 12.4. The van der Waals surface area contributed by atoms with Gasteiger partial charge in [-0.2, -0.15) is 0 Å². The first-order valence-electron chi connectivity index (χ1n) is 9.32. The van der Waals surface area contributed by atoms with Crippen LogP contribution in [0.1, 0.15) is 18.9 Å². The Bertz CT molecular complexity index is 1000. The number of carbonyl (C=O) groups is 3. The normalized spacial score (nSPS) is 15.9. The highest BCUT2D eigenvalue weighted by molar-refractivity contribution is 6.05. The molecule has 1 aliphatic heterocycles. The van der Waals surface area contributed by atoms with Gasteiger partial charge in [-0.15, -0.1) is 0 Å². The first kappa shape index (κ1) is 20.9. The summed E-state index contributed by atoms with van der Waals surface area (Å²) in [6, 6.07) is 11.2. The third kappa shape index (κ3) is 4.78. The summed E-state index contributed by atoms with van der Waals surface area (Å²) in [6.45, 7) is 1.30. The van der Waals surface area contributed by atoms with E-state index in [1.807, 2.05) is 0 Å². The summed E-state index contributed by atoms with van der Waals surface area (Å²) < 4.78 is 10.1. The molecule has 0 spiro atoms. The largest absolute Gasteiger partial charge is 0.504 e. The number of phenols is 1. The second-order valence-corrected chi connectivity index (χ2v) is 6.75. The van der Waals surface area contributed by atoms with Crippen LogP contribution in [0.2, 0.25) is 0 Å². The van der Waals surface area contributed by atoms with Crippen LogP contribution in [0.4, 0.5) is 11.4 Å². The van der Waals surface area contributed by atoms with E-state index in [2.05, 4.69) is 5.32 Å². The monoisotopic (exact) mass is 410 g/mol. The van der Waals surface area contributed by atoms with Crippen molar-refractivity contribution in [2.75, 3.05) is 23.9 Å². The molecule has 0 unspecified atom stereocenters. The lowest BCUT2D eigenvalue weighted by molar-refractivity contribution is -0.143. The minimum Gasteiger partial charge on any atom is -0.504 e. The number of carbonyl (C=O) groups excluding carboxylic acids is 3. The molecule has 0 bridgehead atoms. The van der Waals surface area contributed by atoms with Crippen molar-refractivity contribution in [3.8, 4) is 11.5 Å². The highest BCUT2D eigenvalue weighted by atomic mass is 16.5. The van der Waals surface area contributed by atoms with Gasteiger partial charge in [0, 0.05) is 18.5 Å². The predicted molar refractivity (Wildman–Crippen MR) is 111 cm³/mol. The molecule has 156 valence electrons. The van der Waals surface area contributed by atoms with E-state index in [0.717, 1.165) is 0 Å². The number of esters is 1. The Hall–Kier alpha value is -3.81. The SMILES string of the molecule is COc1cc(/C=C/C(=O)OCC(=O)N2c3ccccc3NC(=O)C[C@H]2C)ccc1O. The van der Waals surface area contributed by atoms with Crippen molar-refractivity contribution in [2.24, 2.45) is 0 Å². The number of methoxy groups -OCH3 is 1. The van der Waals surface area contributed by atoms with Gasteiger partial charge in [0.15, 0.2) is 18.1 Å². The van der Waals surface area contributed by atoms with Gasteiger partial charge < -0.3 is 24.8 Å². The van der Waals surface area contributed by atoms with Gasteiger partial charge in [0.25, 0.3) is 5.91 Å². The van der Waals surface area contributed by atoms with Crippen molar-refractivity contribution in [1.29, 1.82) is 0 Å². The third-order valence-corrected chi connectivity index (χ3v) is 4.58. The molecule has 2 amide bonds. The minimum absolute atomic E-state index is 0.0114. The lowest BCUT2D eigenvalue weighted by atomic mass is 10.1. The van der Waals surface area contributed by atoms with Crippen LogP contribution < -0.4 is 15.0 Å². The maximum atomic E-state index is 12.8. The number of fused-ring (bicyclic) bond motifs is 1. The second kappa shape index (κ2) is 9.13. The van der Waals surface area contributed by atoms with Crippen molar-refractivity contribution in [2.45, 2.75) is 19.4 Å². The number of rotatable bonds is 5. The van der Waals surface area contributed by atoms with Crippen molar-refractivity contribution in [3.05, 3.63) is 54.1 Å². The van der Waals surface area contributed by atoms with Crippen LogP contribution in [0.5, 0.6) is 11.5 Å². The van der Waals surface area contributed by atoms with Crippen LogP contribution >= 0.6 is 0 Å². The van der Waals surface area contributed by atoms with Crippen LogP contribution in [0.25, 0.3) is 6.08 Å². The number of hydrogen-bond donors (Lipinski definition) is 2. The number of aromatic hydroxyl groups is 1. The van der Waals surface area contributed by atoms with E-state index in [1.165, 1.54) is 30.2 Å². The number of ether oxygens (including phenoxy) is 2. The van der Waals surface area contributed by atoms with Crippen LogP contribution in [-0.2, 0) is 19.1 Å². The van der Waals surface area contributed by atoms with Crippen molar-refractivity contribution in [1.82, 2.24) is 0 Å². The Balaban J connectivity index is 1.66. The molecule has 0 saturated carbocycles. The molecule has 2 aromatic carbocycles. The molecule has 0 saturated heterocycles. The standard InChI is InChI=1S/C22H22N2O6/c1-14-11-20(26)23-16-5-3-4-6-17(16)24(14)21(27)13-30-22(28)10-8-15-7-9-18(25)19(12-15)29-2/h3-10,12,14,25H,11,13H2,1-2H3,(H,23,26)/b10-8+/t14-/m1/s1. The Morgan fingerprint density at radius 2 is 2.03 bits per heavy atom. The average molecular weight is 410 g/mol. The predicted octanol–water partition coefficient (Wildman–Crippen LogP) is 2.72. The van der Waals surface area contributed by atoms with E-state index in [4.69, 9.17) is 9.47 Å². The Kier molecular flexibility index (Phi) is 6.36. The topological polar surface area (TPSA) is 105 Å². The first-order chi connectivity index (χ1) is 14.4. The zero-order valence-electron chi connectivity index (χ0n) is 16.6. The lowest BCUT2D eigenvalue weighted by Crippen LogP contribution is -2.41. The molecule has 2 aromatic rings. The first-order valence-corrected chi connectivity index (χ1v) is 9.32. The van der Waals surface area contributed by atoms with Gasteiger partial charge in [0.05, 0.1) is 18.5 Å². The van der Waals surface area contributed by atoms with E-state index in [0.29, 0.717) is 16.9 Å². The van der Waals surface area contributed by atoms with E-state index in [9.17, 15) is 19.5 Å². The molecule has 8 nitrogen and oxygen atoms in total. The van der Waals surface area contributed by atoms with Gasteiger partial charge in [-0.25, -0.2) is 4.79 Å². The molecule has 0 aliphatic carbocycles. The number of anilines is 2. The van der Waals surface area contributed by atoms with Gasteiger partial charge in [-0.3, -0.25) is 9.59 Å². The summed E-state index contributed by atoms with van der Waals surface area (Å²) in [5.41, 5.74) is 1.71. The minimum atomic E-state index is -0.694. The van der Waals surface area contributed by atoms with E-state index in [1.54, 1.807) is 43.3 Å². The molecule has 8 heteroatoms. The molecule has 1 aliphatic rings. The number of nitrogens with one attached hydrogen (secondary N) is 1. The zero-order valence-corrected chi connectivity index (χ0v) is 16.6. The van der Waals surface area contributed by atoms with Gasteiger partial charge >= 0.3 is 5.97 Å². The fraction of sp³-hybridized carbons (Fsp3) is 0.227. The van der Waals surface area contributed by atoms with Crippen molar-refractivity contribution >= 4 is 35.2 Å². The lowest BCUT2D eigenvalue weighted by Gasteiger charge is -2.27. The summed E-state index contributed by atoms with van der Waals surface area (Å²) >= 11 is 0. The number of amides is 2. The van der Waals surface area contributed by atoms with Gasteiger partial charge in [0.2, 0.25) is 5.91 Å². The smallest absolute Gasteiger partial charge is 0.331 e. The van der Waals surface area contributed by atoms with E-state index in [-0.39, 0.29) is 29.9 Å². The summed E-state index contributed by atoms with van der Waals surface area (Å²) in [7, 11) is 1.42. The molecule has 3 rings (SSSR count). The van der Waals surface area contributed by atoms with Crippen LogP contribution in [0.3, 0.4) is 0 Å². The maximum Gasteiger partial charge on any atom is 0.331 e. The zero-order chi connectivity index (χ0) is 21.7. The number of hydrogen-bond acceptors (Lipinski definition) is 6. The van der Waals surface area contributed by atoms with Gasteiger partial charge in [-0.05, 0) is 42.8 Å². The van der Waals surface area contributed by atoms with Crippen LogP contribution in [0.15, 0.2) is 48.5 Å². The Morgan fingerprint density at radius 3 is 2.80 bits per heavy atom. The number of nitrogens with zero attached hydrogens (tertiary/aromatic N) is 1. The second-order valence-electron chi connectivity index (χ2n) is 6.75. The molecular formula is C22H22N2O6. The molecule has 2 N–H and O–H groups in total. The third-order valence-electron chi connectivity index (χ3n) is 4.58. The molecule has 30 heavy (non-hydrogen) atoms. The molecular weight excluding hydrogens is 388 g/mol. The quantitative estimate of drug-likeness (QED) is 0.580. The highest BCUT2D eigenvalue weighted by Crippen LogP contribution is 2.31. The van der Waals surface area contributed by atoms with Crippen LogP contribution in [-0.4, -0.2) is 42.6 Å². The van der Waals surface area contributed by atoms with E-state index >= 15 is 0 Å². The summed E-state index contributed by atoms with van der Waals surface area (Å²) in [4.78, 5) is 38.3. The van der Waals surface area contributed by atoms with Crippen molar-refractivity contribution < 1.29 is 29.0 Å². The Labute approximate surface area is 173 Å². The van der Waals surface area contributed by atoms with Crippen LogP contribution in [0, 0.1) is 0 Å². The number of phenolic OH excluding ortho intramolecular Hbond substituents is 1. The average Bonchev–Trinajstić information content (AvgIpc) is 2.85. The molecule has 1 heterocycles. The van der Waals surface area contributed by atoms with Crippen molar-refractivity contribution in [3.63, 3.8) is 0 Å². The molecule has 0 aromatic heterocycles. The molecule has 0 radical (unpaired) electrons. The summed E-state index contributed by atoms with van der Waals surface area (Å²) in [6.07, 6.45) is 2.81. The molecule has 1 atom stereocenters. The number of para-hydroxylation sites is 2. The molecule has 0 fully saturated rings. The Morgan fingerprint density at radius 1 is 1.27 bits per heavy atom. The fourth-order valence-electron chi connectivity index (χ4n) is 3.18. The number of benzene rings is 2. The van der Waals surface area contributed by atoms with Gasteiger partial charge in [-0.1, -0.05) is 18.2 Å². The highest BCUT2D eigenvalue weighted by Gasteiger charge is 2.29. The fourth-order valence-corrected chi connectivity index (χ4v) is 3.18. The summed E-state index contributed by atoms with van der Waals surface area (Å²) in [5.74, 6) is -1.05. The van der Waals surface area contributed by atoms with E-state index < -0.39 is 18.5 Å².